The highest BCUT2D eigenvalue weighted by Gasteiger charge is 2.39. The number of benzene rings is 3. The van der Waals surface area contributed by atoms with Crippen molar-refractivity contribution >= 4 is 19.0 Å². The average molecular weight is 344 g/mol. The number of rotatable bonds is 3. The van der Waals surface area contributed by atoms with Gasteiger partial charge in [0.2, 0.25) is 0 Å². The molecule has 3 aromatic rings. The van der Waals surface area contributed by atoms with E-state index in [9.17, 15) is 4.79 Å². The second-order valence-corrected chi connectivity index (χ2v) is 9.12. The molecule has 2 atom stereocenters. The summed E-state index contributed by atoms with van der Waals surface area (Å²) < 4.78 is 0. The van der Waals surface area contributed by atoms with Crippen LogP contribution in [0.2, 0.25) is 0 Å². The molecule has 0 spiro atoms. The standard InChI is InChI=1S/C23H21OP/c24-20-16-22(18-10-4-1-5-11-18)25(21-14-8-3-9-15-21)23(17-20)19-12-6-2-7-13-19/h1-15,22-23H,16-17H2/t22-,23-/m1/s1. The zero-order valence-corrected chi connectivity index (χ0v) is 15.0. The van der Waals surface area contributed by atoms with Gasteiger partial charge >= 0.3 is 0 Å². The van der Waals surface area contributed by atoms with E-state index in [4.69, 9.17) is 0 Å². The SMILES string of the molecule is O=C1C[C@H](c2ccccc2)P(c2ccccc2)[C@@H](c2ccccc2)C1. The number of hydrogen-bond acceptors (Lipinski definition) is 1. The Balaban J connectivity index is 1.83. The zero-order chi connectivity index (χ0) is 17.1. The second-order valence-electron chi connectivity index (χ2n) is 6.54. The quantitative estimate of drug-likeness (QED) is 0.562. The van der Waals surface area contributed by atoms with Crippen molar-refractivity contribution in [1.29, 1.82) is 0 Å². The zero-order valence-electron chi connectivity index (χ0n) is 14.1. The first-order valence-corrected chi connectivity index (χ1v) is 10.3. The first-order valence-electron chi connectivity index (χ1n) is 8.78. The van der Waals surface area contributed by atoms with Gasteiger partial charge in [-0.3, -0.25) is 4.79 Å². The largest absolute Gasteiger partial charge is 0.300 e. The molecule has 124 valence electrons. The van der Waals surface area contributed by atoms with Gasteiger partial charge in [0, 0.05) is 24.2 Å². The molecule has 1 aliphatic rings. The summed E-state index contributed by atoms with van der Waals surface area (Å²) in [4.78, 5) is 12.6. The summed E-state index contributed by atoms with van der Waals surface area (Å²) in [5, 5.41) is 1.40. The van der Waals surface area contributed by atoms with Crippen molar-refractivity contribution in [3.63, 3.8) is 0 Å². The molecule has 1 nitrogen and oxygen atoms in total. The van der Waals surface area contributed by atoms with Gasteiger partial charge in [0.15, 0.2) is 0 Å². The van der Waals surface area contributed by atoms with E-state index in [1.807, 2.05) is 12.1 Å². The number of ketones is 1. The van der Waals surface area contributed by atoms with Gasteiger partial charge in [0.1, 0.15) is 5.78 Å². The van der Waals surface area contributed by atoms with Gasteiger partial charge < -0.3 is 0 Å². The van der Waals surface area contributed by atoms with Gasteiger partial charge in [-0.15, -0.1) is 0 Å². The molecule has 3 aromatic carbocycles. The predicted molar refractivity (Wildman–Crippen MR) is 106 cm³/mol. The van der Waals surface area contributed by atoms with Gasteiger partial charge in [0.05, 0.1) is 0 Å². The summed E-state index contributed by atoms with van der Waals surface area (Å²) in [6.07, 6.45) is 1.32. The van der Waals surface area contributed by atoms with Crippen molar-refractivity contribution in [2.24, 2.45) is 0 Å². The Hall–Kier alpha value is -2.24. The number of carbonyl (C=O) groups is 1. The molecule has 1 saturated heterocycles. The lowest BCUT2D eigenvalue weighted by Crippen LogP contribution is -2.23. The number of Topliss-reactive ketones (excluding diaryl/α,β-unsaturated/α-hetero) is 1. The summed E-state index contributed by atoms with van der Waals surface area (Å²) in [5.74, 6) is 0.386. The van der Waals surface area contributed by atoms with Crippen LogP contribution >= 0.6 is 7.92 Å². The molecule has 0 N–H and O–H groups in total. The Bertz CT molecular complexity index is 778. The van der Waals surface area contributed by atoms with Crippen molar-refractivity contribution < 1.29 is 4.79 Å². The van der Waals surface area contributed by atoms with Gasteiger partial charge in [-0.25, -0.2) is 0 Å². The maximum atomic E-state index is 12.6. The summed E-state index contributed by atoms with van der Waals surface area (Å²) >= 11 is 0. The highest BCUT2D eigenvalue weighted by atomic mass is 31.1. The molecule has 0 radical (unpaired) electrons. The third kappa shape index (κ3) is 3.43. The summed E-state index contributed by atoms with van der Waals surface area (Å²) in [6.45, 7) is 0. The fraction of sp³-hybridized carbons (Fsp3) is 0.174. The van der Waals surface area contributed by atoms with Crippen molar-refractivity contribution in [3.05, 3.63) is 102 Å². The summed E-state index contributed by atoms with van der Waals surface area (Å²) in [7, 11) is -0.494. The van der Waals surface area contributed by atoms with Gasteiger partial charge in [-0.2, -0.15) is 0 Å². The monoisotopic (exact) mass is 344 g/mol. The predicted octanol–water partition coefficient (Wildman–Crippen LogP) is 5.64. The Morgan fingerprint density at radius 1 is 0.600 bits per heavy atom. The van der Waals surface area contributed by atoms with E-state index in [0.29, 0.717) is 29.9 Å². The van der Waals surface area contributed by atoms with Gasteiger partial charge in [-0.05, 0) is 16.4 Å². The lowest BCUT2D eigenvalue weighted by molar-refractivity contribution is -0.119. The summed E-state index contributed by atoms with van der Waals surface area (Å²) in [6, 6.07) is 32.0. The minimum Gasteiger partial charge on any atom is -0.300 e. The van der Waals surface area contributed by atoms with E-state index in [1.54, 1.807) is 0 Å². The van der Waals surface area contributed by atoms with Crippen LogP contribution in [0.4, 0.5) is 0 Å². The first kappa shape index (κ1) is 16.2. The lowest BCUT2D eigenvalue weighted by Gasteiger charge is -2.39. The Morgan fingerprint density at radius 3 is 1.44 bits per heavy atom. The van der Waals surface area contributed by atoms with Crippen LogP contribution in [0.3, 0.4) is 0 Å². The Labute approximate surface area is 150 Å². The van der Waals surface area contributed by atoms with Gasteiger partial charge in [-0.1, -0.05) is 98.9 Å². The van der Waals surface area contributed by atoms with Crippen LogP contribution in [0.25, 0.3) is 0 Å². The third-order valence-corrected chi connectivity index (χ3v) is 8.14. The molecule has 1 aliphatic heterocycles. The molecular weight excluding hydrogens is 323 g/mol. The van der Waals surface area contributed by atoms with E-state index in [-0.39, 0.29) is 0 Å². The van der Waals surface area contributed by atoms with Crippen molar-refractivity contribution in [2.45, 2.75) is 24.2 Å². The van der Waals surface area contributed by atoms with Crippen LogP contribution in [-0.2, 0) is 4.79 Å². The molecule has 1 fully saturated rings. The molecule has 1 heterocycles. The molecule has 0 unspecified atom stereocenters. The van der Waals surface area contributed by atoms with Crippen LogP contribution in [-0.4, -0.2) is 5.78 Å². The maximum absolute atomic E-state index is 12.6. The lowest BCUT2D eigenvalue weighted by atomic mass is 10.0. The van der Waals surface area contributed by atoms with Crippen LogP contribution in [0, 0.1) is 0 Å². The van der Waals surface area contributed by atoms with Gasteiger partial charge in [0.25, 0.3) is 0 Å². The van der Waals surface area contributed by atoms with E-state index in [0.717, 1.165) is 0 Å². The molecular formula is C23H21OP. The van der Waals surface area contributed by atoms with Crippen LogP contribution < -0.4 is 5.30 Å². The third-order valence-electron chi connectivity index (χ3n) is 4.94. The summed E-state index contributed by atoms with van der Waals surface area (Å²) in [5.41, 5.74) is 3.19. The van der Waals surface area contributed by atoms with E-state index < -0.39 is 7.92 Å². The topological polar surface area (TPSA) is 17.1 Å². The molecule has 0 aliphatic carbocycles. The minimum absolute atomic E-state index is 0.296. The van der Waals surface area contributed by atoms with Crippen LogP contribution in [0.1, 0.15) is 35.3 Å². The molecule has 25 heavy (non-hydrogen) atoms. The van der Waals surface area contributed by atoms with E-state index in [1.165, 1.54) is 16.4 Å². The normalized spacial score (nSPS) is 21.2. The van der Waals surface area contributed by atoms with E-state index >= 15 is 0 Å². The minimum atomic E-state index is -0.494. The molecule has 2 heteroatoms. The second kappa shape index (κ2) is 7.33. The molecule has 0 amide bonds. The van der Waals surface area contributed by atoms with Crippen molar-refractivity contribution in [1.82, 2.24) is 0 Å². The average Bonchev–Trinajstić information content (AvgIpc) is 2.69. The first-order chi connectivity index (χ1) is 12.3. The molecule has 0 saturated carbocycles. The number of carbonyl (C=O) groups excluding carboxylic acids is 1. The maximum Gasteiger partial charge on any atom is 0.134 e. The van der Waals surface area contributed by atoms with Crippen LogP contribution in [0.5, 0.6) is 0 Å². The fourth-order valence-corrected chi connectivity index (χ4v) is 7.25. The molecule has 4 rings (SSSR count). The van der Waals surface area contributed by atoms with Crippen molar-refractivity contribution in [2.75, 3.05) is 0 Å². The number of hydrogen-bond donors (Lipinski definition) is 0. The molecule has 0 bridgehead atoms. The smallest absolute Gasteiger partial charge is 0.134 e. The van der Waals surface area contributed by atoms with Crippen molar-refractivity contribution in [3.8, 4) is 0 Å². The Kier molecular flexibility index (Phi) is 4.76. The highest BCUT2D eigenvalue weighted by molar-refractivity contribution is 7.66. The highest BCUT2D eigenvalue weighted by Crippen LogP contribution is 2.65. The molecule has 0 aromatic heterocycles. The van der Waals surface area contributed by atoms with Crippen LogP contribution in [0.15, 0.2) is 91.0 Å². The van der Waals surface area contributed by atoms with E-state index in [2.05, 4.69) is 78.9 Å². The Morgan fingerprint density at radius 2 is 1.00 bits per heavy atom. The fourth-order valence-electron chi connectivity index (χ4n) is 3.80.